The number of hydrogen-bond donors (Lipinski definition) is 0. The van der Waals surface area contributed by atoms with E-state index in [1.165, 1.54) is 5.56 Å². The van der Waals surface area contributed by atoms with Crippen molar-refractivity contribution in [1.82, 2.24) is 4.90 Å². The van der Waals surface area contributed by atoms with Crippen molar-refractivity contribution in [1.29, 1.82) is 0 Å². The Morgan fingerprint density at radius 2 is 2.00 bits per heavy atom. The first-order valence-electron chi connectivity index (χ1n) is 7.95. The summed E-state index contributed by atoms with van der Waals surface area (Å²) in [7, 11) is 1.70. The maximum atomic E-state index is 12.4. The number of piperidine rings is 1. The Morgan fingerprint density at radius 3 is 2.57 bits per heavy atom. The van der Waals surface area contributed by atoms with Gasteiger partial charge in [-0.3, -0.25) is 4.79 Å². The summed E-state index contributed by atoms with van der Waals surface area (Å²) in [5.74, 6) is 2.31. The van der Waals surface area contributed by atoms with Crippen LogP contribution in [0, 0.1) is 5.92 Å². The smallest absolute Gasteiger partial charge is 0.226 e. The van der Waals surface area contributed by atoms with Crippen molar-refractivity contribution < 1.29 is 9.53 Å². The van der Waals surface area contributed by atoms with Crippen molar-refractivity contribution >= 4 is 5.91 Å². The molecule has 0 unspecified atom stereocenters. The fraction of sp³-hybridized carbons (Fsp3) is 0.611. The molecule has 116 valence electrons. The lowest BCUT2D eigenvalue weighted by Crippen LogP contribution is -2.38. The molecular weight excluding hydrogens is 262 g/mol. The second-order valence-electron chi connectivity index (χ2n) is 6.47. The van der Waals surface area contributed by atoms with Gasteiger partial charge in [-0.05, 0) is 41.9 Å². The summed E-state index contributed by atoms with van der Waals surface area (Å²) in [4.78, 5) is 14.4. The zero-order chi connectivity index (χ0) is 15.4. The molecule has 0 saturated carbocycles. The fourth-order valence-corrected chi connectivity index (χ4v) is 2.89. The standard InChI is InChI=1S/C18H27NO2/c1-13(2)16-11-15(5-6-17(16)21-4)12-18(20)19-9-7-14(3)8-10-19/h5-6,11,13-14H,7-10,12H2,1-4H3. The van der Waals surface area contributed by atoms with Crippen LogP contribution in [0.1, 0.15) is 50.7 Å². The van der Waals surface area contributed by atoms with Gasteiger partial charge in [0.15, 0.2) is 0 Å². The van der Waals surface area contributed by atoms with Gasteiger partial charge in [0.25, 0.3) is 0 Å². The minimum absolute atomic E-state index is 0.252. The van der Waals surface area contributed by atoms with Crippen LogP contribution in [-0.2, 0) is 11.2 Å². The van der Waals surface area contributed by atoms with Crippen LogP contribution in [-0.4, -0.2) is 31.0 Å². The number of rotatable bonds is 4. The first-order valence-corrected chi connectivity index (χ1v) is 7.95. The third-order valence-corrected chi connectivity index (χ3v) is 4.41. The van der Waals surface area contributed by atoms with E-state index in [1.54, 1.807) is 7.11 Å². The van der Waals surface area contributed by atoms with Gasteiger partial charge in [0.1, 0.15) is 5.75 Å². The van der Waals surface area contributed by atoms with Gasteiger partial charge in [-0.25, -0.2) is 0 Å². The Hall–Kier alpha value is -1.51. The quantitative estimate of drug-likeness (QED) is 0.847. The van der Waals surface area contributed by atoms with Crippen molar-refractivity contribution in [2.75, 3.05) is 20.2 Å². The number of carbonyl (C=O) groups excluding carboxylic acids is 1. The zero-order valence-electron chi connectivity index (χ0n) is 13.7. The predicted octanol–water partition coefficient (Wildman–Crippen LogP) is 3.62. The minimum Gasteiger partial charge on any atom is -0.496 e. The van der Waals surface area contributed by atoms with Crippen LogP contribution in [0.3, 0.4) is 0 Å². The number of amides is 1. The van der Waals surface area contributed by atoms with Gasteiger partial charge < -0.3 is 9.64 Å². The van der Waals surface area contributed by atoms with Crippen molar-refractivity contribution in [2.24, 2.45) is 5.92 Å². The van der Waals surface area contributed by atoms with Gasteiger partial charge >= 0.3 is 0 Å². The fourth-order valence-electron chi connectivity index (χ4n) is 2.89. The molecule has 0 aliphatic carbocycles. The van der Waals surface area contributed by atoms with Crippen molar-refractivity contribution in [3.63, 3.8) is 0 Å². The summed E-state index contributed by atoms with van der Waals surface area (Å²) < 4.78 is 5.40. The highest BCUT2D eigenvalue weighted by molar-refractivity contribution is 5.79. The Morgan fingerprint density at radius 1 is 1.33 bits per heavy atom. The summed E-state index contributed by atoms with van der Waals surface area (Å²) in [5, 5.41) is 0. The monoisotopic (exact) mass is 289 g/mol. The zero-order valence-corrected chi connectivity index (χ0v) is 13.7. The lowest BCUT2D eigenvalue weighted by atomic mass is 9.97. The molecule has 0 atom stereocenters. The normalized spacial score (nSPS) is 16.3. The van der Waals surface area contributed by atoms with Gasteiger partial charge in [-0.2, -0.15) is 0 Å². The summed E-state index contributed by atoms with van der Waals surface area (Å²) in [5.41, 5.74) is 2.26. The van der Waals surface area contributed by atoms with Crippen molar-refractivity contribution in [3.8, 4) is 5.75 Å². The molecular formula is C18H27NO2. The van der Waals surface area contributed by atoms with E-state index in [0.29, 0.717) is 12.3 Å². The largest absolute Gasteiger partial charge is 0.496 e. The second-order valence-corrected chi connectivity index (χ2v) is 6.47. The highest BCUT2D eigenvalue weighted by Gasteiger charge is 2.20. The number of hydrogen-bond acceptors (Lipinski definition) is 2. The Kier molecular flexibility index (Phi) is 5.27. The predicted molar refractivity (Wildman–Crippen MR) is 85.8 cm³/mol. The van der Waals surface area contributed by atoms with Crippen LogP contribution < -0.4 is 4.74 Å². The van der Waals surface area contributed by atoms with Crippen LogP contribution in [0.2, 0.25) is 0 Å². The van der Waals surface area contributed by atoms with Crippen molar-refractivity contribution in [2.45, 2.75) is 46.0 Å². The molecule has 1 amide bonds. The molecule has 0 radical (unpaired) electrons. The molecule has 1 heterocycles. The molecule has 1 saturated heterocycles. The van der Waals surface area contributed by atoms with E-state index in [1.807, 2.05) is 17.0 Å². The van der Waals surface area contributed by atoms with E-state index in [-0.39, 0.29) is 5.91 Å². The number of methoxy groups -OCH3 is 1. The lowest BCUT2D eigenvalue weighted by Gasteiger charge is -2.30. The number of nitrogens with zero attached hydrogens (tertiary/aromatic N) is 1. The third kappa shape index (κ3) is 3.99. The molecule has 1 aliphatic heterocycles. The molecule has 21 heavy (non-hydrogen) atoms. The SMILES string of the molecule is COc1ccc(CC(=O)N2CCC(C)CC2)cc1C(C)C. The van der Waals surface area contributed by atoms with E-state index < -0.39 is 0 Å². The molecule has 1 fully saturated rings. The molecule has 1 aliphatic rings. The minimum atomic E-state index is 0.252. The molecule has 2 rings (SSSR count). The molecule has 3 heteroatoms. The van der Waals surface area contributed by atoms with Gasteiger partial charge in [-0.15, -0.1) is 0 Å². The van der Waals surface area contributed by atoms with E-state index in [9.17, 15) is 4.79 Å². The average Bonchev–Trinajstić information content (AvgIpc) is 2.47. The van der Waals surface area contributed by atoms with Gasteiger partial charge in [0.2, 0.25) is 5.91 Å². The average molecular weight is 289 g/mol. The highest BCUT2D eigenvalue weighted by Crippen LogP contribution is 2.27. The van der Waals surface area contributed by atoms with Crippen LogP contribution in [0.4, 0.5) is 0 Å². The Bertz CT molecular complexity index is 488. The third-order valence-electron chi connectivity index (χ3n) is 4.41. The first-order chi connectivity index (χ1) is 10.0. The van der Waals surface area contributed by atoms with Crippen LogP contribution in [0.5, 0.6) is 5.75 Å². The Balaban J connectivity index is 2.05. The van der Waals surface area contributed by atoms with E-state index in [2.05, 4.69) is 26.8 Å². The van der Waals surface area contributed by atoms with Crippen molar-refractivity contribution in [3.05, 3.63) is 29.3 Å². The van der Waals surface area contributed by atoms with E-state index >= 15 is 0 Å². The second kappa shape index (κ2) is 6.97. The molecule has 0 N–H and O–H groups in total. The van der Waals surface area contributed by atoms with E-state index in [4.69, 9.17) is 4.74 Å². The molecule has 3 nitrogen and oxygen atoms in total. The summed E-state index contributed by atoms with van der Waals surface area (Å²) >= 11 is 0. The first kappa shape index (κ1) is 15.9. The molecule has 0 spiro atoms. The highest BCUT2D eigenvalue weighted by atomic mass is 16.5. The molecule has 1 aromatic carbocycles. The van der Waals surface area contributed by atoms with Crippen LogP contribution >= 0.6 is 0 Å². The number of likely N-dealkylation sites (tertiary alicyclic amines) is 1. The van der Waals surface area contributed by atoms with Gasteiger partial charge in [0, 0.05) is 13.1 Å². The lowest BCUT2D eigenvalue weighted by molar-refractivity contribution is -0.131. The van der Waals surface area contributed by atoms with E-state index in [0.717, 1.165) is 43.2 Å². The maximum absolute atomic E-state index is 12.4. The Labute approximate surface area is 128 Å². The summed E-state index contributed by atoms with van der Waals surface area (Å²) in [6, 6.07) is 6.11. The van der Waals surface area contributed by atoms with Crippen LogP contribution in [0.25, 0.3) is 0 Å². The molecule has 0 bridgehead atoms. The molecule has 1 aromatic rings. The molecule has 0 aromatic heterocycles. The number of benzene rings is 1. The summed E-state index contributed by atoms with van der Waals surface area (Å²) in [6.07, 6.45) is 2.76. The van der Waals surface area contributed by atoms with Crippen LogP contribution in [0.15, 0.2) is 18.2 Å². The van der Waals surface area contributed by atoms with Gasteiger partial charge in [-0.1, -0.05) is 32.9 Å². The topological polar surface area (TPSA) is 29.5 Å². The van der Waals surface area contributed by atoms with Gasteiger partial charge in [0.05, 0.1) is 13.5 Å². The number of ether oxygens (including phenoxy) is 1. The number of carbonyl (C=O) groups is 1. The summed E-state index contributed by atoms with van der Waals surface area (Å²) in [6.45, 7) is 8.38. The maximum Gasteiger partial charge on any atom is 0.226 e.